The molecule has 0 N–H and O–H groups in total. The van der Waals surface area contributed by atoms with Gasteiger partial charge in [0.25, 0.3) is 5.56 Å². The summed E-state index contributed by atoms with van der Waals surface area (Å²) in [7, 11) is 1.55. The first-order valence-electron chi connectivity index (χ1n) is 5.34. The van der Waals surface area contributed by atoms with E-state index < -0.39 is 0 Å². The summed E-state index contributed by atoms with van der Waals surface area (Å²) in [6.45, 7) is 4.01. The Bertz CT molecular complexity index is 463. The minimum atomic E-state index is -0.351. The van der Waals surface area contributed by atoms with Gasteiger partial charge in [0, 0.05) is 13.6 Å². The van der Waals surface area contributed by atoms with Crippen LogP contribution in [0.5, 0.6) is 0 Å². The second kappa shape index (κ2) is 5.44. The van der Waals surface area contributed by atoms with Crippen molar-refractivity contribution >= 4 is 0 Å². The van der Waals surface area contributed by atoms with Crippen LogP contribution in [0.25, 0.3) is 0 Å². The zero-order valence-corrected chi connectivity index (χ0v) is 9.93. The largest absolute Gasteiger partial charge is 0.347 e. The molecule has 0 atom stereocenters. The van der Waals surface area contributed by atoms with E-state index in [0.717, 1.165) is 12.8 Å². The number of aromatic nitrogens is 3. The Kier molecular flexibility index (Phi) is 4.22. The highest BCUT2D eigenvalue weighted by Crippen LogP contribution is 1.92. The van der Waals surface area contributed by atoms with Gasteiger partial charge in [0.2, 0.25) is 0 Å². The highest BCUT2D eigenvalue weighted by Gasteiger charge is 2.06. The molecule has 1 aromatic rings. The van der Waals surface area contributed by atoms with E-state index in [2.05, 4.69) is 5.10 Å². The first kappa shape index (κ1) is 12.4. The van der Waals surface area contributed by atoms with Crippen LogP contribution in [0.2, 0.25) is 0 Å². The lowest BCUT2D eigenvalue weighted by molar-refractivity contribution is 0.520. The molecule has 0 aliphatic rings. The van der Waals surface area contributed by atoms with Crippen LogP contribution >= 0.6 is 0 Å². The Morgan fingerprint density at radius 1 is 1.38 bits per heavy atom. The summed E-state index contributed by atoms with van der Waals surface area (Å²) >= 11 is 0. The monoisotopic (exact) mass is 223 g/mol. The molecule has 0 spiro atoms. The van der Waals surface area contributed by atoms with E-state index in [1.165, 1.54) is 9.25 Å². The molecule has 1 rings (SSSR count). The molecule has 0 bridgehead atoms. The summed E-state index contributed by atoms with van der Waals surface area (Å²) in [6.07, 6.45) is 5.62. The molecular formula is C11H17N3O2. The quantitative estimate of drug-likeness (QED) is 0.555. The Morgan fingerprint density at radius 3 is 2.69 bits per heavy atom. The SMILES string of the molecule is C/C=C/CCCn1c(=O)c(C)nn(C)c1=O. The Balaban J connectivity index is 2.95. The second-order valence-corrected chi connectivity index (χ2v) is 3.66. The first-order chi connectivity index (χ1) is 7.57. The van der Waals surface area contributed by atoms with Gasteiger partial charge in [0.1, 0.15) is 5.69 Å². The van der Waals surface area contributed by atoms with Crippen molar-refractivity contribution in [1.82, 2.24) is 14.3 Å². The van der Waals surface area contributed by atoms with E-state index in [9.17, 15) is 9.59 Å². The third kappa shape index (κ3) is 2.68. The fourth-order valence-electron chi connectivity index (χ4n) is 1.50. The molecular weight excluding hydrogens is 206 g/mol. The number of aryl methyl sites for hydroxylation is 2. The summed E-state index contributed by atoms with van der Waals surface area (Å²) < 4.78 is 2.44. The lowest BCUT2D eigenvalue weighted by Gasteiger charge is -2.06. The highest BCUT2D eigenvalue weighted by molar-refractivity contribution is 4.91. The van der Waals surface area contributed by atoms with Crippen molar-refractivity contribution in [2.45, 2.75) is 33.2 Å². The van der Waals surface area contributed by atoms with Crippen LogP contribution in [-0.2, 0) is 13.6 Å². The van der Waals surface area contributed by atoms with Crippen molar-refractivity contribution in [3.63, 3.8) is 0 Å². The van der Waals surface area contributed by atoms with Gasteiger partial charge in [-0.2, -0.15) is 5.10 Å². The van der Waals surface area contributed by atoms with Crippen molar-refractivity contribution in [3.05, 3.63) is 38.7 Å². The molecule has 0 amide bonds. The van der Waals surface area contributed by atoms with E-state index in [-0.39, 0.29) is 11.2 Å². The van der Waals surface area contributed by atoms with Crippen LogP contribution in [0.1, 0.15) is 25.5 Å². The van der Waals surface area contributed by atoms with Crippen molar-refractivity contribution in [3.8, 4) is 0 Å². The predicted octanol–water partition coefficient (Wildman–Crippen LogP) is 0.607. The molecule has 0 aliphatic carbocycles. The van der Waals surface area contributed by atoms with Crippen LogP contribution in [0.4, 0.5) is 0 Å². The molecule has 5 heteroatoms. The van der Waals surface area contributed by atoms with Crippen LogP contribution in [0.3, 0.4) is 0 Å². The topological polar surface area (TPSA) is 56.9 Å². The van der Waals surface area contributed by atoms with Crippen molar-refractivity contribution in [2.75, 3.05) is 0 Å². The summed E-state index contributed by atoms with van der Waals surface area (Å²) in [5.74, 6) is 0. The van der Waals surface area contributed by atoms with E-state index in [1.54, 1.807) is 14.0 Å². The maximum absolute atomic E-state index is 11.7. The van der Waals surface area contributed by atoms with Crippen molar-refractivity contribution in [2.24, 2.45) is 7.05 Å². The number of nitrogens with zero attached hydrogens (tertiary/aromatic N) is 3. The lowest BCUT2D eigenvalue weighted by Crippen LogP contribution is -2.41. The fraction of sp³-hybridized carbons (Fsp3) is 0.545. The van der Waals surface area contributed by atoms with Crippen LogP contribution < -0.4 is 11.2 Å². The maximum Gasteiger partial charge on any atom is 0.347 e. The zero-order valence-electron chi connectivity index (χ0n) is 9.93. The van der Waals surface area contributed by atoms with Gasteiger partial charge in [0.15, 0.2) is 0 Å². The van der Waals surface area contributed by atoms with Crippen molar-refractivity contribution in [1.29, 1.82) is 0 Å². The number of rotatable bonds is 4. The molecule has 5 nitrogen and oxygen atoms in total. The minimum Gasteiger partial charge on any atom is -0.267 e. The molecule has 0 unspecified atom stereocenters. The number of allylic oxidation sites excluding steroid dienone is 2. The number of unbranched alkanes of at least 4 members (excludes halogenated alkanes) is 1. The van der Waals surface area contributed by atoms with E-state index in [1.807, 2.05) is 19.1 Å². The number of hydrogen-bond acceptors (Lipinski definition) is 3. The van der Waals surface area contributed by atoms with Crippen molar-refractivity contribution < 1.29 is 0 Å². The summed E-state index contributed by atoms with van der Waals surface area (Å²) in [5, 5.41) is 3.83. The molecule has 88 valence electrons. The molecule has 0 aliphatic heterocycles. The van der Waals surface area contributed by atoms with Crippen LogP contribution in [-0.4, -0.2) is 14.3 Å². The van der Waals surface area contributed by atoms with Gasteiger partial charge in [-0.1, -0.05) is 12.2 Å². The third-order valence-corrected chi connectivity index (χ3v) is 2.35. The van der Waals surface area contributed by atoms with Gasteiger partial charge in [-0.15, -0.1) is 0 Å². The summed E-state index contributed by atoms with van der Waals surface area (Å²) in [4.78, 5) is 23.3. The van der Waals surface area contributed by atoms with E-state index in [4.69, 9.17) is 0 Å². The Morgan fingerprint density at radius 2 is 2.06 bits per heavy atom. The molecule has 0 fully saturated rings. The molecule has 0 saturated carbocycles. The van der Waals surface area contributed by atoms with Gasteiger partial charge in [-0.25, -0.2) is 9.48 Å². The van der Waals surface area contributed by atoms with Gasteiger partial charge < -0.3 is 0 Å². The first-order valence-corrected chi connectivity index (χ1v) is 5.34. The number of hydrogen-bond donors (Lipinski definition) is 0. The van der Waals surface area contributed by atoms with E-state index >= 15 is 0 Å². The Hall–Kier alpha value is -1.65. The third-order valence-electron chi connectivity index (χ3n) is 2.35. The molecule has 1 heterocycles. The zero-order chi connectivity index (χ0) is 12.1. The van der Waals surface area contributed by atoms with Gasteiger partial charge in [-0.3, -0.25) is 9.36 Å². The second-order valence-electron chi connectivity index (χ2n) is 3.66. The molecule has 0 aromatic carbocycles. The predicted molar refractivity (Wildman–Crippen MR) is 62.5 cm³/mol. The maximum atomic E-state index is 11.7. The summed E-state index contributed by atoms with van der Waals surface area (Å²) in [6, 6.07) is 0. The lowest BCUT2D eigenvalue weighted by atomic mass is 10.3. The minimum absolute atomic E-state index is 0.288. The Labute approximate surface area is 94.0 Å². The smallest absolute Gasteiger partial charge is 0.267 e. The highest BCUT2D eigenvalue weighted by atomic mass is 16.2. The van der Waals surface area contributed by atoms with Gasteiger partial charge >= 0.3 is 5.69 Å². The molecule has 1 aromatic heterocycles. The average molecular weight is 223 g/mol. The standard InChI is InChI=1S/C11H17N3O2/c1-4-5-6-7-8-14-10(15)9(2)12-13(3)11(14)16/h4-5H,6-8H2,1-3H3/b5-4+. The van der Waals surface area contributed by atoms with Crippen LogP contribution in [0.15, 0.2) is 21.7 Å². The molecule has 0 saturated heterocycles. The summed E-state index contributed by atoms with van der Waals surface area (Å²) in [5.41, 5.74) is -0.284. The fourth-order valence-corrected chi connectivity index (χ4v) is 1.50. The molecule has 16 heavy (non-hydrogen) atoms. The molecule has 0 radical (unpaired) electrons. The van der Waals surface area contributed by atoms with Gasteiger partial charge in [0.05, 0.1) is 0 Å². The normalized spacial score (nSPS) is 11.2. The average Bonchev–Trinajstić information content (AvgIpc) is 2.25. The van der Waals surface area contributed by atoms with Gasteiger partial charge in [-0.05, 0) is 26.7 Å². The van der Waals surface area contributed by atoms with E-state index in [0.29, 0.717) is 12.2 Å². The van der Waals surface area contributed by atoms with Crippen LogP contribution in [0, 0.1) is 6.92 Å².